The predicted molar refractivity (Wildman–Crippen MR) is 148 cm³/mol. The minimum absolute atomic E-state index is 0.0584. The van der Waals surface area contributed by atoms with Gasteiger partial charge >= 0.3 is 6.18 Å². The molecule has 38 heavy (non-hydrogen) atoms. The van der Waals surface area contributed by atoms with E-state index >= 15 is 0 Å². The maximum Gasteiger partial charge on any atom is 0.428 e. The normalized spacial score (nSPS) is 25.8. The third kappa shape index (κ3) is 7.22. The smallest absolute Gasteiger partial charge is 0.428 e. The second-order valence-electron chi connectivity index (χ2n) is 8.94. The zero-order valence-corrected chi connectivity index (χ0v) is 23.5. The van der Waals surface area contributed by atoms with Crippen molar-refractivity contribution in [2.24, 2.45) is 4.99 Å². The molecule has 2 heterocycles. The van der Waals surface area contributed by atoms with Gasteiger partial charge in [-0.15, -0.1) is 0 Å². The van der Waals surface area contributed by atoms with Crippen molar-refractivity contribution in [3.8, 4) is 0 Å². The zero-order valence-electron chi connectivity index (χ0n) is 21.0. The lowest BCUT2D eigenvalue weighted by atomic mass is 9.93. The second kappa shape index (κ2) is 13.0. The van der Waals surface area contributed by atoms with Gasteiger partial charge in [-0.05, 0) is 29.6 Å². The van der Waals surface area contributed by atoms with Gasteiger partial charge in [0.15, 0.2) is 5.17 Å². The molecule has 2 aliphatic rings. The summed E-state index contributed by atoms with van der Waals surface area (Å²) in [6.45, 7) is 0.230. The Morgan fingerprint density at radius 2 is 1.58 bits per heavy atom. The second-order valence-corrected chi connectivity index (χ2v) is 11.4. The number of amidine groups is 1. The molecule has 2 aromatic rings. The van der Waals surface area contributed by atoms with E-state index in [1.165, 1.54) is 11.8 Å². The Balaban J connectivity index is 1.71. The fourth-order valence-corrected chi connectivity index (χ4v) is 5.64. The van der Waals surface area contributed by atoms with Gasteiger partial charge in [0.25, 0.3) is 0 Å². The lowest BCUT2D eigenvalue weighted by molar-refractivity contribution is -0.278. The van der Waals surface area contributed by atoms with Crippen molar-refractivity contribution < 1.29 is 32.1 Å². The minimum atomic E-state index is -4.77. The maximum atomic E-state index is 14.5. The highest BCUT2D eigenvalue weighted by Gasteiger charge is 2.59. The molecule has 1 saturated heterocycles. The van der Waals surface area contributed by atoms with Crippen molar-refractivity contribution in [1.29, 1.82) is 0 Å². The molecule has 6 unspecified atom stereocenters. The molecule has 0 N–H and O–H groups in total. The van der Waals surface area contributed by atoms with Crippen LogP contribution in [-0.2, 0) is 32.2 Å². The first-order valence-corrected chi connectivity index (χ1v) is 14.4. The number of alkyl halides is 3. The number of benzene rings is 2. The zero-order chi connectivity index (χ0) is 27.3. The average Bonchev–Trinajstić information content (AvgIpc) is 3.34. The number of nitrogens with zero attached hydrogens (tertiary/aromatic N) is 2. The summed E-state index contributed by atoms with van der Waals surface area (Å²) in [4.78, 5) is 6.57. The summed E-state index contributed by atoms with van der Waals surface area (Å²) in [6, 6.07) is 18.1. The number of rotatable bonds is 8. The van der Waals surface area contributed by atoms with Crippen molar-refractivity contribution in [2.45, 2.75) is 55.3 Å². The number of thiocarbonyl (C=S) groups is 1. The number of aliphatic imine (C=N–C) groups is 1. The lowest BCUT2D eigenvalue weighted by Gasteiger charge is -2.45. The SMILES string of the molecule is CSC(=S)OC(C1OC2SC(N(C)C)=NC2C(OCc2ccccc2)C1OCc1ccccc1)C(F)(F)F. The summed E-state index contributed by atoms with van der Waals surface area (Å²) in [5.74, 6) is 0. The highest BCUT2D eigenvalue weighted by atomic mass is 32.2. The molecule has 0 bridgehead atoms. The highest BCUT2D eigenvalue weighted by molar-refractivity contribution is 8.22. The van der Waals surface area contributed by atoms with E-state index in [1.54, 1.807) is 11.2 Å². The Hall–Kier alpha value is -1.83. The van der Waals surface area contributed by atoms with Crippen LogP contribution in [0, 0.1) is 0 Å². The molecule has 6 atom stereocenters. The fourth-order valence-electron chi connectivity index (χ4n) is 4.20. The monoisotopic (exact) mass is 586 g/mol. The fraction of sp³-hybridized carbons (Fsp3) is 0.462. The summed E-state index contributed by atoms with van der Waals surface area (Å²) >= 11 is 7.20. The van der Waals surface area contributed by atoms with E-state index in [1.807, 2.05) is 74.8 Å². The first-order valence-electron chi connectivity index (χ1n) is 11.9. The number of fused-ring (bicyclic) bond motifs is 1. The van der Waals surface area contributed by atoms with E-state index < -0.39 is 42.1 Å². The predicted octanol–water partition coefficient (Wildman–Crippen LogP) is 5.51. The lowest BCUT2D eigenvalue weighted by Crippen LogP contribution is -2.63. The summed E-state index contributed by atoms with van der Waals surface area (Å²) < 4.78 is 67.0. The van der Waals surface area contributed by atoms with Gasteiger partial charge in [-0.25, -0.2) is 0 Å². The Morgan fingerprint density at radius 1 is 1.03 bits per heavy atom. The molecule has 12 heteroatoms. The summed E-state index contributed by atoms with van der Waals surface area (Å²) in [5, 5.41) is 0.639. The Bertz CT molecular complexity index is 1090. The molecule has 1 fully saturated rings. The minimum Gasteiger partial charge on any atom is -0.463 e. The van der Waals surface area contributed by atoms with Gasteiger partial charge in [0, 0.05) is 14.1 Å². The van der Waals surface area contributed by atoms with Gasteiger partial charge in [-0.3, -0.25) is 4.99 Å². The van der Waals surface area contributed by atoms with Gasteiger partial charge in [0.2, 0.25) is 10.5 Å². The molecule has 0 radical (unpaired) electrons. The number of ether oxygens (including phenoxy) is 4. The van der Waals surface area contributed by atoms with E-state index in [0.29, 0.717) is 5.17 Å². The highest BCUT2D eigenvalue weighted by Crippen LogP contribution is 2.43. The molecule has 0 aromatic heterocycles. The standard InChI is InChI=1S/C26H29F3N2O4S3/c1-31(2)24-30-18-19(32-14-16-10-6-4-7-11-16)20(33-15-17-12-8-5-9-13-17)21(34-23(18)38-24)22(26(27,28)29)35-25(36)37-3/h4-13,18-23H,14-15H2,1-3H3. The van der Waals surface area contributed by atoms with Crippen LogP contribution in [0.3, 0.4) is 0 Å². The topological polar surface area (TPSA) is 52.5 Å². The van der Waals surface area contributed by atoms with Crippen LogP contribution in [-0.4, -0.2) is 76.9 Å². The first-order chi connectivity index (χ1) is 18.2. The van der Waals surface area contributed by atoms with Crippen molar-refractivity contribution in [2.75, 3.05) is 20.4 Å². The van der Waals surface area contributed by atoms with E-state index in [-0.39, 0.29) is 17.6 Å². The molecular formula is C26H29F3N2O4S3. The van der Waals surface area contributed by atoms with Crippen LogP contribution in [0.4, 0.5) is 13.2 Å². The third-order valence-electron chi connectivity index (χ3n) is 6.00. The Morgan fingerprint density at radius 3 is 2.08 bits per heavy atom. The molecule has 4 rings (SSSR count). The van der Waals surface area contributed by atoms with E-state index in [2.05, 4.69) is 0 Å². The van der Waals surface area contributed by atoms with E-state index in [0.717, 1.165) is 22.9 Å². The maximum absolute atomic E-state index is 14.5. The van der Waals surface area contributed by atoms with Crippen LogP contribution < -0.4 is 0 Å². The third-order valence-corrected chi connectivity index (χ3v) is 8.33. The molecule has 0 spiro atoms. The molecule has 0 aliphatic carbocycles. The Kier molecular flexibility index (Phi) is 9.99. The first kappa shape index (κ1) is 29.2. The largest absolute Gasteiger partial charge is 0.463 e. The van der Waals surface area contributed by atoms with E-state index in [9.17, 15) is 13.2 Å². The van der Waals surface area contributed by atoms with Crippen molar-refractivity contribution >= 4 is 45.3 Å². The van der Waals surface area contributed by atoms with Crippen LogP contribution in [0.25, 0.3) is 0 Å². The molecule has 6 nitrogen and oxygen atoms in total. The van der Waals surface area contributed by atoms with Gasteiger partial charge in [-0.1, -0.05) is 84.2 Å². The number of halogens is 3. The molecule has 2 aromatic carbocycles. The molecule has 2 aliphatic heterocycles. The Labute approximate surface area is 234 Å². The molecule has 0 saturated carbocycles. The van der Waals surface area contributed by atoms with Gasteiger partial charge < -0.3 is 23.8 Å². The van der Waals surface area contributed by atoms with Crippen LogP contribution in [0.1, 0.15) is 11.1 Å². The molecular weight excluding hydrogens is 557 g/mol. The average molecular weight is 587 g/mol. The number of hydrogen-bond acceptors (Lipinski definition) is 9. The molecule has 0 amide bonds. The van der Waals surface area contributed by atoms with Gasteiger partial charge in [-0.2, -0.15) is 13.2 Å². The summed E-state index contributed by atoms with van der Waals surface area (Å²) in [6.07, 6.45) is -9.10. The van der Waals surface area contributed by atoms with Crippen molar-refractivity contribution in [1.82, 2.24) is 4.90 Å². The summed E-state index contributed by atoms with van der Waals surface area (Å²) in [5.41, 5.74) is 0.965. The van der Waals surface area contributed by atoms with Crippen molar-refractivity contribution in [3.63, 3.8) is 0 Å². The quantitative estimate of drug-likeness (QED) is 0.376. The van der Waals surface area contributed by atoms with Crippen molar-refractivity contribution in [3.05, 3.63) is 71.8 Å². The van der Waals surface area contributed by atoms with Crippen LogP contribution in [0.5, 0.6) is 0 Å². The number of thioether (sulfide) groups is 2. The van der Waals surface area contributed by atoms with E-state index in [4.69, 9.17) is 36.2 Å². The van der Waals surface area contributed by atoms with Gasteiger partial charge in [0.05, 0.1) is 13.2 Å². The van der Waals surface area contributed by atoms with Crippen LogP contribution in [0.15, 0.2) is 65.7 Å². The van der Waals surface area contributed by atoms with Crippen LogP contribution >= 0.6 is 35.7 Å². The van der Waals surface area contributed by atoms with Crippen LogP contribution in [0.2, 0.25) is 0 Å². The number of hydrogen-bond donors (Lipinski definition) is 0. The summed E-state index contributed by atoms with van der Waals surface area (Å²) in [7, 11) is 3.64. The molecule has 206 valence electrons. The van der Waals surface area contributed by atoms with Gasteiger partial charge in [0.1, 0.15) is 29.8 Å².